The molecule has 0 aliphatic heterocycles. The van der Waals surface area contributed by atoms with E-state index in [1.165, 1.54) is 39.0 Å². The number of benzene rings is 1. The predicted molar refractivity (Wildman–Crippen MR) is 90.4 cm³/mol. The number of hydrogen-bond acceptors (Lipinski definition) is 6. The molecule has 1 aromatic carbocycles. The van der Waals surface area contributed by atoms with Crippen molar-refractivity contribution in [3.63, 3.8) is 0 Å². The molecule has 0 saturated carbocycles. The van der Waals surface area contributed by atoms with Gasteiger partial charge in [-0.3, -0.25) is 19.7 Å². The van der Waals surface area contributed by atoms with Gasteiger partial charge in [0.15, 0.2) is 5.69 Å². The van der Waals surface area contributed by atoms with Crippen LogP contribution in [0.1, 0.15) is 30.0 Å². The Hall–Kier alpha value is -3.56. The van der Waals surface area contributed by atoms with E-state index in [1.54, 1.807) is 6.07 Å². The summed E-state index contributed by atoms with van der Waals surface area (Å²) in [4.78, 5) is 46.2. The van der Waals surface area contributed by atoms with Gasteiger partial charge in [-0.25, -0.2) is 9.48 Å². The number of amides is 1. The van der Waals surface area contributed by atoms with E-state index in [-0.39, 0.29) is 17.1 Å². The average Bonchev–Trinajstić information content (AvgIpc) is 2.54. The summed E-state index contributed by atoms with van der Waals surface area (Å²) in [5.74, 6) is -2.29. The second-order valence-corrected chi connectivity index (χ2v) is 6.04. The van der Waals surface area contributed by atoms with Gasteiger partial charge in [-0.05, 0) is 26.8 Å². The summed E-state index contributed by atoms with van der Waals surface area (Å²) in [5, 5.41) is 26.4. The quantitative estimate of drug-likeness (QED) is 0.598. The number of carbonyl (C=O) groups excluding carboxylic acids is 1. The fraction of sp³-hybridized carbons (Fsp3) is 0.250. The molecular formula is C16H16N4O6. The molecule has 10 heteroatoms. The third-order valence-electron chi connectivity index (χ3n) is 3.59. The van der Waals surface area contributed by atoms with Gasteiger partial charge in [0, 0.05) is 17.8 Å². The minimum Gasteiger partial charge on any atom is -0.480 e. The molecule has 0 aliphatic rings. The highest BCUT2D eigenvalue weighted by molar-refractivity contribution is 5.96. The number of nitro benzene ring substituents is 1. The highest BCUT2D eigenvalue weighted by Crippen LogP contribution is 2.22. The molecule has 2 rings (SSSR count). The Morgan fingerprint density at radius 2 is 1.92 bits per heavy atom. The number of nitro groups is 1. The smallest absolute Gasteiger partial charge is 0.328 e. The number of carboxylic acid groups (broad SMARTS) is 1. The second-order valence-electron chi connectivity index (χ2n) is 6.04. The van der Waals surface area contributed by atoms with E-state index < -0.39 is 33.5 Å². The Morgan fingerprint density at radius 1 is 1.31 bits per heavy atom. The van der Waals surface area contributed by atoms with E-state index in [4.69, 9.17) is 5.11 Å². The number of carbonyl (C=O) groups is 2. The van der Waals surface area contributed by atoms with Crippen molar-refractivity contribution >= 4 is 17.6 Å². The first-order chi connectivity index (χ1) is 12.0. The SMILES string of the molecule is Cc1cc(=O)c(C(=O)NC(C)(C)C(=O)O)nn1-c1ccccc1[N+](=O)[O-]. The van der Waals surface area contributed by atoms with Gasteiger partial charge in [0.2, 0.25) is 5.43 Å². The zero-order valence-electron chi connectivity index (χ0n) is 14.2. The normalized spacial score (nSPS) is 11.0. The summed E-state index contributed by atoms with van der Waals surface area (Å²) in [6, 6.07) is 6.82. The van der Waals surface area contributed by atoms with Crippen molar-refractivity contribution in [2.75, 3.05) is 0 Å². The minimum atomic E-state index is -1.63. The number of hydrogen-bond donors (Lipinski definition) is 2. The summed E-state index contributed by atoms with van der Waals surface area (Å²) in [7, 11) is 0. The lowest BCUT2D eigenvalue weighted by atomic mass is 10.1. The van der Waals surface area contributed by atoms with Crippen LogP contribution in [0.25, 0.3) is 5.69 Å². The van der Waals surface area contributed by atoms with Gasteiger partial charge in [-0.1, -0.05) is 12.1 Å². The van der Waals surface area contributed by atoms with Crippen molar-refractivity contribution in [1.82, 2.24) is 15.1 Å². The summed E-state index contributed by atoms with van der Waals surface area (Å²) in [5.41, 5.74) is -2.83. The van der Waals surface area contributed by atoms with Crippen LogP contribution in [0.4, 0.5) is 5.69 Å². The van der Waals surface area contributed by atoms with Crippen LogP contribution in [0.5, 0.6) is 0 Å². The first-order valence-corrected chi connectivity index (χ1v) is 7.45. The molecule has 0 spiro atoms. The first kappa shape index (κ1) is 18.8. The zero-order valence-corrected chi connectivity index (χ0v) is 14.2. The van der Waals surface area contributed by atoms with Gasteiger partial charge >= 0.3 is 5.97 Å². The lowest BCUT2D eigenvalue weighted by Gasteiger charge is -2.20. The molecule has 136 valence electrons. The van der Waals surface area contributed by atoms with Crippen LogP contribution in [0.3, 0.4) is 0 Å². The number of nitrogens with zero attached hydrogens (tertiary/aromatic N) is 3. The molecular weight excluding hydrogens is 344 g/mol. The molecule has 2 N–H and O–H groups in total. The number of aliphatic carboxylic acids is 1. The molecule has 26 heavy (non-hydrogen) atoms. The third kappa shape index (κ3) is 3.58. The number of aryl methyl sites for hydroxylation is 1. The minimum absolute atomic E-state index is 0.0709. The molecule has 0 unspecified atom stereocenters. The highest BCUT2D eigenvalue weighted by atomic mass is 16.6. The van der Waals surface area contributed by atoms with E-state index in [2.05, 4.69) is 10.4 Å². The van der Waals surface area contributed by atoms with Gasteiger partial charge in [-0.15, -0.1) is 0 Å². The average molecular weight is 360 g/mol. The Morgan fingerprint density at radius 3 is 2.50 bits per heavy atom. The molecule has 0 bridgehead atoms. The van der Waals surface area contributed by atoms with Crippen molar-refractivity contribution in [3.8, 4) is 5.69 Å². The summed E-state index contributed by atoms with van der Waals surface area (Å²) in [6.07, 6.45) is 0. The monoisotopic (exact) mass is 360 g/mol. The van der Waals surface area contributed by atoms with Crippen molar-refractivity contribution in [2.24, 2.45) is 0 Å². The largest absolute Gasteiger partial charge is 0.480 e. The Bertz CT molecular complexity index is 963. The van der Waals surface area contributed by atoms with Gasteiger partial charge in [0.1, 0.15) is 11.2 Å². The van der Waals surface area contributed by atoms with E-state index in [0.29, 0.717) is 0 Å². The molecule has 0 atom stereocenters. The Labute approximate surface area is 147 Å². The molecule has 0 fully saturated rings. The van der Waals surface area contributed by atoms with Crippen molar-refractivity contribution in [3.05, 3.63) is 62.1 Å². The molecule has 1 aromatic heterocycles. The third-order valence-corrected chi connectivity index (χ3v) is 3.59. The Kier molecular flexibility index (Phi) is 4.87. The fourth-order valence-electron chi connectivity index (χ4n) is 2.14. The van der Waals surface area contributed by atoms with E-state index in [1.807, 2.05) is 0 Å². The van der Waals surface area contributed by atoms with Crippen LogP contribution >= 0.6 is 0 Å². The Balaban J connectivity index is 2.58. The molecule has 2 aromatic rings. The van der Waals surface area contributed by atoms with Crippen LogP contribution in [-0.4, -0.2) is 37.2 Å². The van der Waals surface area contributed by atoms with Gasteiger partial charge in [0.05, 0.1) is 4.92 Å². The second kappa shape index (κ2) is 6.75. The topological polar surface area (TPSA) is 144 Å². The molecule has 0 saturated heterocycles. The molecule has 1 heterocycles. The lowest BCUT2D eigenvalue weighted by molar-refractivity contribution is -0.384. The number of aromatic nitrogens is 2. The van der Waals surface area contributed by atoms with Crippen molar-refractivity contribution < 1.29 is 19.6 Å². The maximum absolute atomic E-state index is 12.3. The van der Waals surface area contributed by atoms with Crippen LogP contribution < -0.4 is 10.7 Å². The zero-order chi connectivity index (χ0) is 19.6. The van der Waals surface area contributed by atoms with Crippen molar-refractivity contribution in [2.45, 2.75) is 26.3 Å². The summed E-state index contributed by atoms with van der Waals surface area (Å²) < 4.78 is 1.10. The van der Waals surface area contributed by atoms with E-state index in [9.17, 15) is 24.5 Å². The van der Waals surface area contributed by atoms with E-state index >= 15 is 0 Å². The fourth-order valence-corrected chi connectivity index (χ4v) is 2.14. The summed E-state index contributed by atoms with van der Waals surface area (Å²) in [6.45, 7) is 4.01. The van der Waals surface area contributed by atoms with Gasteiger partial charge in [-0.2, -0.15) is 5.10 Å². The number of nitrogens with one attached hydrogen (secondary N) is 1. The van der Waals surface area contributed by atoms with E-state index in [0.717, 1.165) is 10.7 Å². The van der Waals surface area contributed by atoms with Crippen LogP contribution in [0.15, 0.2) is 35.1 Å². The summed E-state index contributed by atoms with van der Waals surface area (Å²) >= 11 is 0. The van der Waals surface area contributed by atoms with Crippen LogP contribution in [-0.2, 0) is 4.79 Å². The van der Waals surface area contributed by atoms with Crippen LogP contribution in [0.2, 0.25) is 0 Å². The number of rotatable bonds is 5. The molecule has 1 amide bonds. The maximum Gasteiger partial charge on any atom is 0.328 e. The lowest BCUT2D eigenvalue weighted by Crippen LogP contribution is -2.51. The predicted octanol–water partition coefficient (Wildman–Crippen LogP) is 1.04. The van der Waals surface area contributed by atoms with Gasteiger partial charge < -0.3 is 10.4 Å². The van der Waals surface area contributed by atoms with Crippen molar-refractivity contribution in [1.29, 1.82) is 0 Å². The van der Waals surface area contributed by atoms with Crippen LogP contribution in [0, 0.1) is 17.0 Å². The molecule has 0 radical (unpaired) electrons. The number of carboxylic acids is 1. The highest BCUT2D eigenvalue weighted by Gasteiger charge is 2.31. The standard InChI is InChI=1S/C16H16N4O6/c1-9-8-12(21)13(14(22)17-16(2,3)15(23)24)18-19(9)10-6-4-5-7-11(10)20(25)26/h4-8H,1-3H3,(H,17,22)(H,23,24). The van der Waals surface area contributed by atoms with Gasteiger partial charge in [0.25, 0.3) is 11.6 Å². The first-order valence-electron chi connectivity index (χ1n) is 7.45. The molecule has 0 aliphatic carbocycles. The number of para-hydroxylation sites is 2. The maximum atomic E-state index is 12.3. The molecule has 10 nitrogen and oxygen atoms in total.